The molecule has 2 aromatic carbocycles. The first-order valence-corrected chi connectivity index (χ1v) is 10.3. The van der Waals surface area contributed by atoms with Crippen LogP contribution in [0.3, 0.4) is 0 Å². The molecule has 0 bridgehead atoms. The van der Waals surface area contributed by atoms with E-state index in [1.807, 2.05) is 29.2 Å². The van der Waals surface area contributed by atoms with E-state index < -0.39 is 4.92 Å². The first kappa shape index (κ1) is 20.3. The van der Waals surface area contributed by atoms with Crippen molar-refractivity contribution in [2.45, 2.75) is 12.8 Å². The highest BCUT2D eigenvalue weighted by molar-refractivity contribution is 6.07. The summed E-state index contributed by atoms with van der Waals surface area (Å²) in [4.78, 5) is 30.4. The summed E-state index contributed by atoms with van der Waals surface area (Å²) < 4.78 is 0. The first-order valence-electron chi connectivity index (χ1n) is 10.3. The number of aliphatic hydroxyl groups is 1. The van der Waals surface area contributed by atoms with Crippen LogP contribution in [0.15, 0.2) is 42.5 Å². The Bertz CT molecular complexity index is 940. The third-order valence-electron chi connectivity index (χ3n) is 5.90. The molecular weight excluding hydrogens is 384 g/mol. The van der Waals surface area contributed by atoms with Crippen molar-refractivity contribution in [2.75, 3.05) is 55.7 Å². The molecule has 4 rings (SSSR count). The maximum Gasteiger partial charge on any atom is 0.293 e. The van der Waals surface area contributed by atoms with Crippen molar-refractivity contribution in [1.29, 1.82) is 0 Å². The topological polar surface area (TPSA) is 90.2 Å². The molecule has 0 aromatic heterocycles. The molecule has 0 atom stereocenters. The predicted molar refractivity (Wildman–Crippen MR) is 115 cm³/mol. The Kier molecular flexibility index (Phi) is 5.96. The fourth-order valence-electron chi connectivity index (χ4n) is 4.32. The number of carbonyl (C=O) groups is 1. The van der Waals surface area contributed by atoms with E-state index in [1.54, 1.807) is 17.0 Å². The highest BCUT2D eigenvalue weighted by atomic mass is 16.6. The van der Waals surface area contributed by atoms with Crippen molar-refractivity contribution in [3.63, 3.8) is 0 Å². The number of aryl methyl sites for hydroxylation is 1. The molecule has 2 aromatic rings. The number of rotatable bonds is 5. The highest BCUT2D eigenvalue weighted by Gasteiger charge is 2.28. The summed E-state index contributed by atoms with van der Waals surface area (Å²) in [7, 11) is 0. The average Bonchev–Trinajstić information content (AvgIpc) is 2.78. The molecule has 1 saturated heterocycles. The molecule has 1 amide bonds. The number of para-hydroxylation sites is 1. The molecule has 0 aliphatic carbocycles. The number of aliphatic hydroxyl groups excluding tert-OH is 1. The number of nitro benzene ring substituents is 1. The fourth-order valence-corrected chi connectivity index (χ4v) is 4.32. The van der Waals surface area contributed by atoms with Crippen molar-refractivity contribution in [1.82, 2.24) is 4.90 Å². The van der Waals surface area contributed by atoms with Crippen LogP contribution in [0.25, 0.3) is 0 Å². The van der Waals surface area contributed by atoms with Crippen LogP contribution < -0.4 is 9.80 Å². The van der Waals surface area contributed by atoms with Gasteiger partial charge in [0.05, 0.1) is 11.5 Å². The molecule has 0 spiro atoms. The van der Waals surface area contributed by atoms with Crippen LogP contribution in [0.2, 0.25) is 0 Å². The number of β-amino-alcohol motifs (C(OH)–C–C–N with tert-alkyl or cyclic N) is 1. The van der Waals surface area contributed by atoms with E-state index in [9.17, 15) is 14.9 Å². The van der Waals surface area contributed by atoms with Gasteiger partial charge in [0.2, 0.25) is 0 Å². The van der Waals surface area contributed by atoms with Gasteiger partial charge in [-0.05, 0) is 36.6 Å². The summed E-state index contributed by atoms with van der Waals surface area (Å²) in [5.74, 6) is -0.204. The minimum atomic E-state index is -0.406. The van der Waals surface area contributed by atoms with Crippen molar-refractivity contribution >= 4 is 23.0 Å². The summed E-state index contributed by atoms with van der Waals surface area (Å²) in [6.07, 6.45) is 1.81. The van der Waals surface area contributed by atoms with Gasteiger partial charge in [0.25, 0.3) is 11.6 Å². The van der Waals surface area contributed by atoms with Gasteiger partial charge in [-0.25, -0.2) is 0 Å². The Labute approximate surface area is 175 Å². The zero-order valence-corrected chi connectivity index (χ0v) is 16.9. The lowest BCUT2D eigenvalue weighted by molar-refractivity contribution is -0.384. The number of hydrogen-bond donors (Lipinski definition) is 1. The number of fused-ring (bicyclic) bond motifs is 1. The van der Waals surface area contributed by atoms with Crippen LogP contribution >= 0.6 is 0 Å². The van der Waals surface area contributed by atoms with E-state index in [0.717, 1.165) is 37.2 Å². The SMILES string of the molecule is O=C(c1ccc(N2CCN(CCO)CC2)c([N+](=O)[O-])c1)N1CCCc2ccccc21. The van der Waals surface area contributed by atoms with Crippen LogP contribution in [-0.2, 0) is 6.42 Å². The minimum Gasteiger partial charge on any atom is -0.395 e. The van der Waals surface area contributed by atoms with Crippen LogP contribution in [-0.4, -0.2) is 66.7 Å². The van der Waals surface area contributed by atoms with Gasteiger partial charge in [-0.2, -0.15) is 0 Å². The van der Waals surface area contributed by atoms with E-state index in [4.69, 9.17) is 5.11 Å². The standard InChI is InChI=1S/C22H26N4O4/c27-15-14-23-10-12-24(13-11-23)20-8-7-18(16-21(20)26(29)30)22(28)25-9-3-5-17-4-1-2-6-19(17)25/h1-2,4,6-8,16,27H,3,5,9-15H2. The van der Waals surface area contributed by atoms with Gasteiger partial charge < -0.3 is 14.9 Å². The number of nitro groups is 1. The summed E-state index contributed by atoms with van der Waals surface area (Å²) >= 11 is 0. The number of anilines is 2. The summed E-state index contributed by atoms with van der Waals surface area (Å²) in [6.45, 7) is 4.10. The van der Waals surface area contributed by atoms with Crippen LogP contribution in [0, 0.1) is 10.1 Å². The average molecular weight is 410 g/mol. The second kappa shape index (κ2) is 8.81. The lowest BCUT2D eigenvalue weighted by atomic mass is 10.0. The van der Waals surface area contributed by atoms with E-state index in [2.05, 4.69) is 4.90 Å². The van der Waals surface area contributed by atoms with Crippen LogP contribution in [0.4, 0.5) is 17.1 Å². The summed E-state index contributed by atoms with van der Waals surface area (Å²) in [5, 5.41) is 20.9. The maximum absolute atomic E-state index is 13.2. The van der Waals surface area contributed by atoms with E-state index >= 15 is 0 Å². The maximum atomic E-state index is 13.2. The molecule has 2 aliphatic rings. The van der Waals surface area contributed by atoms with Gasteiger partial charge >= 0.3 is 0 Å². The Morgan fingerprint density at radius 2 is 1.80 bits per heavy atom. The molecule has 8 nitrogen and oxygen atoms in total. The van der Waals surface area contributed by atoms with Gasteiger partial charge in [-0.3, -0.25) is 19.8 Å². The Balaban J connectivity index is 1.58. The largest absolute Gasteiger partial charge is 0.395 e. The van der Waals surface area contributed by atoms with Crippen LogP contribution in [0.1, 0.15) is 22.3 Å². The fraction of sp³-hybridized carbons (Fsp3) is 0.409. The second-order valence-corrected chi connectivity index (χ2v) is 7.70. The third kappa shape index (κ3) is 4.01. The third-order valence-corrected chi connectivity index (χ3v) is 5.90. The second-order valence-electron chi connectivity index (χ2n) is 7.70. The normalized spacial score (nSPS) is 17.0. The Morgan fingerprint density at radius 3 is 2.53 bits per heavy atom. The minimum absolute atomic E-state index is 0.0400. The molecule has 2 heterocycles. The number of hydrogen-bond acceptors (Lipinski definition) is 6. The van der Waals surface area contributed by atoms with E-state index in [0.29, 0.717) is 37.4 Å². The number of carbonyl (C=O) groups excluding carboxylic acids is 1. The molecule has 2 aliphatic heterocycles. The number of benzene rings is 2. The van der Waals surface area contributed by atoms with E-state index in [1.165, 1.54) is 6.07 Å². The molecule has 158 valence electrons. The molecule has 0 radical (unpaired) electrons. The lowest BCUT2D eigenvalue weighted by Gasteiger charge is -2.35. The zero-order valence-electron chi connectivity index (χ0n) is 16.9. The van der Waals surface area contributed by atoms with Crippen molar-refractivity contribution in [3.8, 4) is 0 Å². The smallest absolute Gasteiger partial charge is 0.293 e. The predicted octanol–water partition coefficient (Wildman–Crippen LogP) is 2.30. The molecule has 1 N–H and O–H groups in total. The first-order chi connectivity index (χ1) is 14.6. The van der Waals surface area contributed by atoms with Gasteiger partial charge in [-0.1, -0.05) is 18.2 Å². The highest BCUT2D eigenvalue weighted by Crippen LogP contribution is 2.33. The van der Waals surface area contributed by atoms with Crippen molar-refractivity contribution in [2.24, 2.45) is 0 Å². The molecule has 0 unspecified atom stereocenters. The Morgan fingerprint density at radius 1 is 1.03 bits per heavy atom. The monoisotopic (exact) mass is 410 g/mol. The number of nitrogens with zero attached hydrogens (tertiary/aromatic N) is 4. The number of piperazine rings is 1. The molecule has 0 saturated carbocycles. The molecular formula is C22H26N4O4. The zero-order chi connectivity index (χ0) is 21.1. The Hall–Kier alpha value is -2.97. The van der Waals surface area contributed by atoms with Gasteiger partial charge in [0.1, 0.15) is 5.69 Å². The van der Waals surface area contributed by atoms with Crippen molar-refractivity contribution in [3.05, 3.63) is 63.7 Å². The lowest BCUT2D eigenvalue weighted by Crippen LogP contribution is -2.47. The number of amides is 1. The molecule has 30 heavy (non-hydrogen) atoms. The van der Waals surface area contributed by atoms with Gasteiger partial charge in [0.15, 0.2) is 0 Å². The van der Waals surface area contributed by atoms with Crippen molar-refractivity contribution < 1.29 is 14.8 Å². The van der Waals surface area contributed by atoms with Gasteiger partial charge in [0, 0.05) is 56.6 Å². The van der Waals surface area contributed by atoms with E-state index in [-0.39, 0.29) is 18.2 Å². The summed E-state index contributed by atoms with van der Waals surface area (Å²) in [5.41, 5.74) is 2.85. The molecule has 8 heteroatoms. The summed E-state index contributed by atoms with van der Waals surface area (Å²) in [6, 6.07) is 12.6. The van der Waals surface area contributed by atoms with Gasteiger partial charge in [-0.15, -0.1) is 0 Å². The molecule has 1 fully saturated rings. The quantitative estimate of drug-likeness (QED) is 0.601. The van der Waals surface area contributed by atoms with Crippen LogP contribution in [0.5, 0.6) is 0 Å².